The van der Waals surface area contributed by atoms with Crippen molar-refractivity contribution in [2.45, 2.75) is 38.5 Å². The molecule has 26 heavy (non-hydrogen) atoms. The first-order valence-corrected chi connectivity index (χ1v) is 10.1. The van der Waals surface area contributed by atoms with Crippen molar-refractivity contribution in [3.63, 3.8) is 0 Å². The highest BCUT2D eigenvalue weighted by molar-refractivity contribution is 5.96. The van der Waals surface area contributed by atoms with E-state index in [1.165, 1.54) is 38.6 Å². The number of nitrogens with one attached hydrogen (secondary N) is 1. The molecule has 1 aliphatic heterocycles. The van der Waals surface area contributed by atoms with Crippen molar-refractivity contribution in [3.8, 4) is 0 Å². The molecule has 1 N–H and O–H groups in total. The Hall–Kier alpha value is -1.88. The Kier molecular flexibility index (Phi) is 7.06. The molecule has 1 saturated carbocycles. The van der Waals surface area contributed by atoms with Crippen molar-refractivity contribution in [1.82, 2.24) is 15.1 Å². The molecular weight excluding hydrogens is 326 g/mol. The molecule has 5 nitrogen and oxygen atoms in total. The lowest BCUT2D eigenvalue weighted by molar-refractivity contribution is -0.130. The van der Waals surface area contributed by atoms with Crippen LogP contribution in [0.25, 0.3) is 0 Å². The van der Waals surface area contributed by atoms with Crippen molar-refractivity contribution >= 4 is 11.8 Å². The maximum atomic E-state index is 12.5. The van der Waals surface area contributed by atoms with Crippen LogP contribution in [0.15, 0.2) is 30.3 Å². The summed E-state index contributed by atoms with van der Waals surface area (Å²) in [5.74, 6) is 0.678. The molecule has 0 spiro atoms. The predicted molar refractivity (Wildman–Crippen MR) is 103 cm³/mol. The Bertz CT molecular complexity index is 584. The Morgan fingerprint density at radius 1 is 0.923 bits per heavy atom. The zero-order chi connectivity index (χ0) is 18.2. The number of nitrogens with zero attached hydrogens (tertiary/aromatic N) is 2. The lowest BCUT2D eigenvalue weighted by atomic mass is 9.89. The third-order valence-electron chi connectivity index (χ3n) is 5.62. The maximum absolute atomic E-state index is 12.5. The van der Waals surface area contributed by atoms with Gasteiger partial charge >= 0.3 is 0 Å². The molecule has 0 bridgehead atoms. The standard InChI is InChI=1S/C21H31N3O2/c25-20(16-22-21(26)19-10-5-2-6-11-19)24-13-7-12-23(14-15-24)17-18-8-3-1-4-9-18/h2,5-6,10-11,18H,1,3-4,7-9,12-17H2,(H,22,26). The first-order chi connectivity index (χ1) is 12.7. The van der Waals surface area contributed by atoms with E-state index in [2.05, 4.69) is 10.2 Å². The first kappa shape index (κ1) is 18.9. The molecule has 0 aromatic heterocycles. The normalized spacial score (nSPS) is 19.8. The van der Waals surface area contributed by atoms with Gasteiger partial charge in [0.1, 0.15) is 0 Å². The molecule has 0 radical (unpaired) electrons. The van der Waals surface area contributed by atoms with E-state index in [0.717, 1.165) is 38.5 Å². The molecule has 1 aromatic rings. The van der Waals surface area contributed by atoms with E-state index in [0.29, 0.717) is 5.56 Å². The monoisotopic (exact) mass is 357 g/mol. The molecule has 2 amide bonds. The highest BCUT2D eigenvalue weighted by atomic mass is 16.2. The number of hydrogen-bond donors (Lipinski definition) is 1. The molecule has 5 heteroatoms. The van der Waals surface area contributed by atoms with Crippen molar-refractivity contribution in [1.29, 1.82) is 0 Å². The Labute approximate surface area is 156 Å². The number of amides is 2. The predicted octanol–water partition coefficient (Wildman–Crippen LogP) is 2.53. The van der Waals surface area contributed by atoms with E-state index >= 15 is 0 Å². The van der Waals surface area contributed by atoms with Gasteiger partial charge in [-0.15, -0.1) is 0 Å². The summed E-state index contributed by atoms with van der Waals surface area (Å²) in [6, 6.07) is 9.04. The molecule has 1 saturated heterocycles. The summed E-state index contributed by atoms with van der Waals surface area (Å²) in [4.78, 5) is 29.0. The molecule has 3 rings (SSSR count). The largest absolute Gasteiger partial charge is 0.343 e. The lowest BCUT2D eigenvalue weighted by Gasteiger charge is -2.28. The van der Waals surface area contributed by atoms with Gasteiger partial charge < -0.3 is 15.1 Å². The van der Waals surface area contributed by atoms with Crippen LogP contribution in [-0.2, 0) is 4.79 Å². The van der Waals surface area contributed by atoms with E-state index in [1.807, 2.05) is 23.1 Å². The van der Waals surface area contributed by atoms with Crippen LogP contribution in [0.5, 0.6) is 0 Å². The highest BCUT2D eigenvalue weighted by Crippen LogP contribution is 2.24. The minimum Gasteiger partial charge on any atom is -0.343 e. The second-order valence-corrected chi connectivity index (χ2v) is 7.59. The summed E-state index contributed by atoms with van der Waals surface area (Å²) >= 11 is 0. The number of benzene rings is 1. The van der Waals surface area contributed by atoms with Gasteiger partial charge in [-0.1, -0.05) is 37.5 Å². The van der Waals surface area contributed by atoms with Crippen molar-refractivity contribution in [2.24, 2.45) is 5.92 Å². The van der Waals surface area contributed by atoms with E-state index in [1.54, 1.807) is 12.1 Å². The fourth-order valence-electron chi connectivity index (χ4n) is 4.10. The molecule has 0 atom stereocenters. The minimum absolute atomic E-state index is 0.0220. The lowest BCUT2D eigenvalue weighted by Crippen LogP contribution is -2.42. The maximum Gasteiger partial charge on any atom is 0.251 e. The van der Waals surface area contributed by atoms with Gasteiger partial charge in [0.2, 0.25) is 5.91 Å². The molecule has 2 aliphatic rings. The van der Waals surface area contributed by atoms with Crippen LogP contribution in [0.1, 0.15) is 48.9 Å². The second kappa shape index (κ2) is 9.72. The Morgan fingerprint density at radius 3 is 2.46 bits per heavy atom. The topological polar surface area (TPSA) is 52.7 Å². The van der Waals surface area contributed by atoms with Crippen LogP contribution in [-0.4, -0.2) is 60.9 Å². The molecule has 0 unspecified atom stereocenters. The highest BCUT2D eigenvalue weighted by Gasteiger charge is 2.22. The van der Waals surface area contributed by atoms with Gasteiger partial charge in [-0.2, -0.15) is 0 Å². The zero-order valence-electron chi connectivity index (χ0n) is 15.7. The van der Waals surface area contributed by atoms with E-state index in [-0.39, 0.29) is 18.4 Å². The number of hydrogen-bond acceptors (Lipinski definition) is 3. The SMILES string of the molecule is O=C(NCC(=O)N1CCCN(CC2CCCCC2)CC1)c1ccccc1. The van der Waals surface area contributed by atoms with Crippen molar-refractivity contribution in [3.05, 3.63) is 35.9 Å². The van der Waals surface area contributed by atoms with E-state index in [9.17, 15) is 9.59 Å². The zero-order valence-corrected chi connectivity index (χ0v) is 15.7. The molecule has 142 valence electrons. The van der Waals surface area contributed by atoms with Gasteiger partial charge in [-0.25, -0.2) is 0 Å². The van der Waals surface area contributed by atoms with Crippen LogP contribution in [0.2, 0.25) is 0 Å². The third-order valence-corrected chi connectivity index (χ3v) is 5.62. The third kappa shape index (κ3) is 5.56. The van der Waals surface area contributed by atoms with Crippen molar-refractivity contribution < 1.29 is 9.59 Å². The smallest absolute Gasteiger partial charge is 0.251 e. The summed E-state index contributed by atoms with van der Waals surface area (Å²) in [5, 5.41) is 2.75. The minimum atomic E-state index is -0.187. The van der Waals surface area contributed by atoms with Gasteiger partial charge in [-0.05, 0) is 43.9 Å². The first-order valence-electron chi connectivity index (χ1n) is 10.1. The number of rotatable bonds is 5. The fourth-order valence-corrected chi connectivity index (χ4v) is 4.10. The Balaban J connectivity index is 1.41. The molecule has 2 fully saturated rings. The van der Waals surface area contributed by atoms with Gasteiger partial charge in [0, 0.05) is 31.7 Å². The molecule has 1 heterocycles. The van der Waals surface area contributed by atoms with E-state index in [4.69, 9.17) is 0 Å². The summed E-state index contributed by atoms with van der Waals surface area (Å²) in [5.41, 5.74) is 0.592. The second-order valence-electron chi connectivity index (χ2n) is 7.59. The number of carbonyl (C=O) groups is 2. The summed E-state index contributed by atoms with van der Waals surface area (Å²) < 4.78 is 0. The summed E-state index contributed by atoms with van der Waals surface area (Å²) in [7, 11) is 0. The van der Waals surface area contributed by atoms with Crippen molar-refractivity contribution in [2.75, 3.05) is 39.3 Å². The van der Waals surface area contributed by atoms with Crippen LogP contribution < -0.4 is 5.32 Å². The fraction of sp³-hybridized carbons (Fsp3) is 0.619. The van der Waals surface area contributed by atoms with Gasteiger partial charge in [0.05, 0.1) is 6.54 Å². The molecule has 1 aliphatic carbocycles. The Morgan fingerprint density at radius 2 is 1.69 bits per heavy atom. The van der Waals surface area contributed by atoms with Crippen LogP contribution in [0, 0.1) is 5.92 Å². The van der Waals surface area contributed by atoms with Gasteiger partial charge in [0.15, 0.2) is 0 Å². The van der Waals surface area contributed by atoms with E-state index < -0.39 is 0 Å². The van der Waals surface area contributed by atoms with Crippen LogP contribution in [0.4, 0.5) is 0 Å². The summed E-state index contributed by atoms with van der Waals surface area (Å²) in [6.07, 6.45) is 7.91. The summed E-state index contributed by atoms with van der Waals surface area (Å²) in [6.45, 7) is 4.86. The molecule has 1 aromatic carbocycles. The van der Waals surface area contributed by atoms with Crippen LogP contribution >= 0.6 is 0 Å². The van der Waals surface area contributed by atoms with Gasteiger partial charge in [-0.3, -0.25) is 9.59 Å². The quantitative estimate of drug-likeness (QED) is 0.881. The average Bonchev–Trinajstić information content (AvgIpc) is 2.93. The van der Waals surface area contributed by atoms with Gasteiger partial charge in [0.25, 0.3) is 5.91 Å². The van der Waals surface area contributed by atoms with Crippen LogP contribution in [0.3, 0.4) is 0 Å². The number of carbonyl (C=O) groups excluding carboxylic acids is 2. The molecular formula is C21H31N3O2. The average molecular weight is 357 g/mol.